The van der Waals surface area contributed by atoms with Crippen molar-refractivity contribution < 1.29 is 4.74 Å². The van der Waals surface area contributed by atoms with E-state index in [1.807, 2.05) is 23.9 Å². The van der Waals surface area contributed by atoms with Crippen LogP contribution in [-0.2, 0) is 17.8 Å². The van der Waals surface area contributed by atoms with Gasteiger partial charge in [0.2, 0.25) is 0 Å². The minimum atomic E-state index is 0.390. The molecule has 1 saturated heterocycles. The van der Waals surface area contributed by atoms with Crippen molar-refractivity contribution in [3.8, 4) is 0 Å². The normalized spacial score (nSPS) is 29.6. The molecule has 0 aromatic carbocycles. The molecule has 2 aliphatic rings. The number of thiophene rings is 1. The van der Waals surface area contributed by atoms with Crippen LogP contribution in [0.5, 0.6) is 0 Å². The molecule has 5 heteroatoms. The van der Waals surface area contributed by atoms with Gasteiger partial charge in [0.05, 0.1) is 19.0 Å². The molecule has 3 heterocycles. The number of imidazole rings is 1. The summed E-state index contributed by atoms with van der Waals surface area (Å²) in [5.74, 6) is 0.621. The van der Waals surface area contributed by atoms with Crippen molar-refractivity contribution in [1.29, 1.82) is 0 Å². The Hall–Kier alpha value is -1.17. The van der Waals surface area contributed by atoms with Gasteiger partial charge in [-0.25, -0.2) is 4.98 Å². The first kappa shape index (κ1) is 13.5. The van der Waals surface area contributed by atoms with Gasteiger partial charge in [0, 0.05) is 48.9 Å². The van der Waals surface area contributed by atoms with Gasteiger partial charge in [-0.3, -0.25) is 4.90 Å². The van der Waals surface area contributed by atoms with E-state index in [4.69, 9.17) is 4.74 Å². The zero-order valence-corrected chi connectivity index (χ0v) is 12.9. The highest BCUT2D eigenvalue weighted by molar-refractivity contribution is 7.09. The number of hydrogen-bond acceptors (Lipinski definition) is 4. The predicted octanol–water partition coefficient (Wildman–Crippen LogP) is 2.62. The second-order valence-corrected chi connectivity index (χ2v) is 7.08. The van der Waals surface area contributed by atoms with Crippen LogP contribution in [0.25, 0.3) is 0 Å². The van der Waals surface area contributed by atoms with Crippen LogP contribution in [0, 0.1) is 5.92 Å². The first-order valence-corrected chi connectivity index (χ1v) is 8.62. The molecule has 0 spiro atoms. The molecule has 0 amide bonds. The predicted molar refractivity (Wildman–Crippen MR) is 83.2 cm³/mol. The van der Waals surface area contributed by atoms with Crippen LogP contribution in [0.2, 0.25) is 0 Å². The van der Waals surface area contributed by atoms with Gasteiger partial charge in [0.1, 0.15) is 0 Å². The van der Waals surface area contributed by atoms with E-state index in [2.05, 4.69) is 38.2 Å². The molecule has 2 fully saturated rings. The minimum absolute atomic E-state index is 0.390. The number of rotatable bonds is 4. The lowest BCUT2D eigenvalue weighted by Crippen LogP contribution is -2.50. The van der Waals surface area contributed by atoms with Crippen molar-refractivity contribution in [3.63, 3.8) is 0 Å². The van der Waals surface area contributed by atoms with Gasteiger partial charge >= 0.3 is 0 Å². The number of ether oxygens (including phenoxy) is 1. The van der Waals surface area contributed by atoms with Gasteiger partial charge in [0.15, 0.2) is 0 Å². The fraction of sp³-hybridized carbons (Fsp3) is 0.562. The largest absolute Gasteiger partial charge is 0.375 e. The van der Waals surface area contributed by atoms with E-state index in [1.54, 1.807) is 0 Å². The Kier molecular flexibility index (Phi) is 3.80. The summed E-state index contributed by atoms with van der Waals surface area (Å²) in [7, 11) is 0. The molecule has 4 nitrogen and oxygen atoms in total. The summed E-state index contributed by atoms with van der Waals surface area (Å²) in [5.41, 5.74) is 0. The molecule has 0 bridgehead atoms. The average Bonchev–Trinajstić information content (AvgIpc) is 3.22. The maximum Gasteiger partial charge on any atom is 0.0946 e. The molecule has 1 aliphatic carbocycles. The quantitative estimate of drug-likeness (QED) is 0.870. The lowest BCUT2D eigenvalue weighted by atomic mass is 10.0. The highest BCUT2D eigenvalue weighted by Gasteiger charge is 2.42. The van der Waals surface area contributed by atoms with Crippen LogP contribution in [0.4, 0.5) is 0 Å². The molecular formula is C16H21N3OS. The summed E-state index contributed by atoms with van der Waals surface area (Å²) < 4.78 is 8.33. The molecule has 3 atom stereocenters. The van der Waals surface area contributed by atoms with Crippen LogP contribution in [0.3, 0.4) is 0 Å². The van der Waals surface area contributed by atoms with Crippen LogP contribution < -0.4 is 0 Å². The smallest absolute Gasteiger partial charge is 0.0946 e. The Labute approximate surface area is 129 Å². The maximum atomic E-state index is 6.14. The first-order valence-electron chi connectivity index (χ1n) is 7.74. The standard InChI is InChI=1S/C16H21N3OS/c1-2-14(21-9-1)11-19-7-8-20-16-13(3-4-15(16)19)10-18-6-5-17-12-18/h1-2,5-6,9,12-13,15-16H,3-4,7-8,10-11H2/t13-,15-,16+/m0/s1. The highest BCUT2D eigenvalue weighted by atomic mass is 32.1. The third kappa shape index (κ3) is 2.78. The zero-order chi connectivity index (χ0) is 14.1. The van der Waals surface area contributed by atoms with Gasteiger partial charge in [-0.05, 0) is 24.3 Å². The summed E-state index contributed by atoms with van der Waals surface area (Å²) in [5, 5.41) is 2.17. The third-order valence-electron chi connectivity index (χ3n) is 4.78. The van der Waals surface area contributed by atoms with Crippen molar-refractivity contribution in [1.82, 2.24) is 14.5 Å². The van der Waals surface area contributed by atoms with E-state index in [1.165, 1.54) is 17.7 Å². The number of nitrogens with zero attached hydrogens (tertiary/aromatic N) is 3. The first-order chi connectivity index (χ1) is 10.4. The Balaban J connectivity index is 1.44. The summed E-state index contributed by atoms with van der Waals surface area (Å²) in [6.07, 6.45) is 8.74. The van der Waals surface area contributed by atoms with Crippen molar-refractivity contribution in [2.75, 3.05) is 13.2 Å². The molecular weight excluding hydrogens is 282 g/mol. The second kappa shape index (κ2) is 5.91. The zero-order valence-electron chi connectivity index (χ0n) is 12.1. The van der Waals surface area contributed by atoms with Crippen LogP contribution >= 0.6 is 11.3 Å². The second-order valence-electron chi connectivity index (χ2n) is 6.05. The summed E-state index contributed by atoms with van der Waals surface area (Å²) in [6.45, 7) is 4.05. The summed E-state index contributed by atoms with van der Waals surface area (Å²) in [6, 6.07) is 4.98. The van der Waals surface area contributed by atoms with Crippen molar-refractivity contribution >= 4 is 11.3 Å². The lowest BCUT2D eigenvalue weighted by Gasteiger charge is -2.39. The van der Waals surface area contributed by atoms with Crippen molar-refractivity contribution in [3.05, 3.63) is 41.1 Å². The Morgan fingerprint density at radius 3 is 3.19 bits per heavy atom. The van der Waals surface area contributed by atoms with E-state index < -0.39 is 0 Å². The molecule has 2 aromatic heterocycles. The fourth-order valence-corrected chi connectivity index (χ4v) is 4.53. The van der Waals surface area contributed by atoms with Crippen LogP contribution in [0.1, 0.15) is 17.7 Å². The summed E-state index contributed by atoms with van der Waals surface area (Å²) in [4.78, 5) is 8.25. The molecule has 1 saturated carbocycles. The lowest BCUT2D eigenvalue weighted by molar-refractivity contribution is -0.0783. The topological polar surface area (TPSA) is 30.3 Å². The average molecular weight is 303 g/mol. The van der Waals surface area contributed by atoms with Crippen LogP contribution in [-0.4, -0.2) is 39.7 Å². The van der Waals surface area contributed by atoms with Gasteiger partial charge < -0.3 is 9.30 Å². The van der Waals surface area contributed by atoms with Crippen molar-refractivity contribution in [2.45, 2.75) is 38.1 Å². The van der Waals surface area contributed by atoms with Crippen LogP contribution in [0.15, 0.2) is 36.2 Å². The Bertz CT molecular complexity index is 554. The van der Waals surface area contributed by atoms with E-state index in [0.717, 1.165) is 26.2 Å². The monoisotopic (exact) mass is 303 g/mol. The van der Waals surface area contributed by atoms with E-state index >= 15 is 0 Å². The third-order valence-corrected chi connectivity index (χ3v) is 5.64. The SMILES string of the molecule is c1csc(CN2CCO[C@@H]3[C@H](Cn4ccnc4)CC[C@@H]32)c1. The Morgan fingerprint density at radius 1 is 1.38 bits per heavy atom. The minimum Gasteiger partial charge on any atom is -0.375 e. The molecule has 0 radical (unpaired) electrons. The summed E-state index contributed by atoms with van der Waals surface area (Å²) >= 11 is 1.86. The molecule has 21 heavy (non-hydrogen) atoms. The molecule has 112 valence electrons. The molecule has 4 rings (SSSR count). The Morgan fingerprint density at radius 2 is 2.38 bits per heavy atom. The maximum absolute atomic E-state index is 6.14. The number of aromatic nitrogens is 2. The van der Waals surface area contributed by atoms with E-state index in [-0.39, 0.29) is 0 Å². The molecule has 0 N–H and O–H groups in total. The number of hydrogen-bond donors (Lipinski definition) is 0. The van der Waals surface area contributed by atoms with E-state index in [9.17, 15) is 0 Å². The van der Waals surface area contributed by atoms with Gasteiger partial charge in [-0.2, -0.15) is 0 Å². The molecule has 2 aromatic rings. The van der Waals surface area contributed by atoms with Crippen molar-refractivity contribution in [2.24, 2.45) is 5.92 Å². The van der Waals surface area contributed by atoms with Gasteiger partial charge in [-0.1, -0.05) is 6.07 Å². The van der Waals surface area contributed by atoms with Gasteiger partial charge in [0.25, 0.3) is 0 Å². The molecule has 1 aliphatic heterocycles. The number of morpholine rings is 1. The number of fused-ring (bicyclic) bond motifs is 1. The van der Waals surface area contributed by atoms with Gasteiger partial charge in [-0.15, -0.1) is 11.3 Å². The molecule has 0 unspecified atom stereocenters. The highest BCUT2D eigenvalue weighted by Crippen LogP contribution is 2.36. The fourth-order valence-electron chi connectivity index (χ4n) is 3.80. The van der Waals surface area contributed by atoms with E-state index in [0.29, 0.717) is 18.1 Å².